The second-order valence-corrected chi connectivity index (χ2v) is 4.50. The maximum Gasteiger partial charge on any atom is 0.359 e. The van der Waals surface area contributed by atoms with Crippen molar-refractivity contribution in [1.29, 1.82) is 0 Å². The zero-order valence-electron chi connectivity index (χ0n) is 11.2. The Morgan fingerprint density at radius 3 is 2.81 bits per heavy atom. The van der Waals surface area contributed by atoms with E-state index in [1.807, 2.05) is 0 Å². The number of aldehydes is 1. The van der Waals surface area contributed by atoms with E-state index in [1.165, 1.54) is 10.7 Å². The molecule has 1 heterocycles. The van der Waals surface area contributed by atoms with Gasteiger partial charge in [0.25, 0.3) is 0 Å². The van der Waals surface area contributed by atoms with Gasteiger partial charge in [-0.15, -0.1) is 0 Å². The summed E-state index contributed by atoms with van der Waals surface area (Å²) in [6.45, 7) is 1.79. The van der Waals surface area contributed by atoms with Crippen molar-refractivity contribution in [2.24, 2.45) is 0 Å². The second-order valence-electron chi connectivity index (χ2n) is 4.14. The van der Waals surface area contributed by atoms with E-state index in [0.29, 0.717) is 11.8 Å². The standard InChI is InChI=1S/C14H12ClFN2O3/c1-2-21-14(20)12-10(8-19)13(15)18(17-12)7-9-5-3-4-6-11(9)16/h3-6,8H,2,7H2,1H3. The van der Waals surface area contributed by atoms with Gasteiger partial charge in [0.15, 0.2) is 12.0 Å². The maximum absolute atomic E-state index is 13.6. The Balaban J connectivity index is 2.39. The van der Waals surface area contributed by atoms with Gasteiger partial charge in [-0.05, 0) is 13.0 Å². The van der Waals surface area contributed by atoms with Crippen molar-refractivity contribution in [3.05, 3.63) is 52.1 Å². The zero-order valence-corrected chi connectivity index (χ0v) is 11.9. The van der Waals surface area contributed by atoms with Gasteiger partial charge in [0, 0.05) is 5.56 Å². The van der Waals surface area contributed by atoms with E-state index in [4.69, 9.17) is 16.3 Å². The highest BCUT2D eigenvalue weighted by Gasteiger charge is 2.23. The van der Waals surface area contributed by atoms with Crippen molar-refractivity contribution >= 4 is 23.9 Å². The van der Waals surface area contributed by atoms with E-state index in [1.54, 1.807) is 25.1 Å². The van der Waals surface area contributed by atoms with Gasteiger partial charge in [0.2, 0.25) is 0 Å². The summed E-state index contributed by atoms with van der Waals surface area (Å²) in [5, 5.41) is 3.92. The number of carbonyl (C=O) groups is 2. The molecule has 2 aromatic rings. The average molecular weight is 311 g/mol. The van der Waals surface area contributed by atoms with Crippen molar-refractivity contribution in [3.63, 3.8) is 0 Å². The molecule has 21 heavy (non-hydrogen) atoms. The molecule has 5 nitrogen and oxygen atoms in total. The van der Waals surface area contributed by atoms with Crippen molar-refractivity contribution in [2.75, 3.05) is 6.61 Å². The normalized spacial score (nSPS) is 10.4. The number of nitrogens with zero attached hydrogens (tertiary/aromatic N) is 2. The third-order valence-corrected chi connectivity index (χ3v) is 3.19. The monoisotopic (exact) mass is 310 g/mol. The van der Waals surface area contributed by atoms with E-state index in [-0.39, 0.29) is 29.6 Å². The number of esters is 1. The molecule has 0 aliphatic carbocycles. The third-order valence-electron chi connectivity index (χ3n) is 2.79. The zero-order chi connectivity index (χ0) is 15.4. The Labute approximate surface area is 125 Å². The quantitative estimate of drug-likeness (QED) is 0.629. The molecule has 0 aliphatic heterocycles. The van der Waals surface area contributed by atoms with Crippen LogP contribution < -0.4 is 0 Å². The number of aromatic nitrogens is 2. The third kappa shape index (κ3) is 3.11. The number of benzene rings is 1. The van der Waals surface area contributed by atoms with E-state index in [2.05, 4.69) is 5.10 Å². The van der Waals surface area contributed by atoms with Gasteiger partial charge >= 0.3 is 5.97 Å². The van der Waals surface area contributed by atoms with Crippen LogP contribution in [0, 0.1) is 5.82 Å². The van der Waals surface area contributed by atoms with Gasteiger partial charge in [0.05, 0.1) is 18.7 Å². The van der Waals surface area contributed by atoms with Gasteiger partial charge in [-0.2, -0.15) is 5.10 Å². The Bertz CT molecular complexity index is 685. The molecule has 0 unspecified atom stereocenters. The molecular formula is C14H12ClFN2O3. The molecule has 0 aliphatic rings. The predicted molar refractivity (Wildman–Crippen MR) is 74.1 cm³/mol. The van der Waals surface area contributed by atoms with Crippen LogP contribution in [-0.2, 0) is 11.3 Å². The summed E-state index contributed by atoms with van der Waals surface area (Å²) >= 11 is 6.02. The molecular weight excluding hydrogens is 299 g/mol. The lowest BCUT2D eigenvalue weighted by Crippen LogP contribution is -2.09. The van der Waals surface area contributed by atoms with Crippen LogP contribution in [0.25, 0.3) is 0 Å². The number of ether oxygens (including phenoxy) is 1. The number of rotatable bonds is 5. The maximum atomic E-state index is 13.6. The number of carbonyl (C=O) groups excluding carboxylic acids is 2. The van der Waals surface area contributed by atoms with Gasteiger partial charge in [0.1, 0.15) is 11.0 Å². The summed E-state index contributed by atoms with van der Waals surface area (Å²) in [5.74, 6) is -1.16. The summed E-state index contributed by atoms with van der Waals surface area (Å²) in [4.78, 5) is 22.8. The highest BCUT2D eigenvalue weighted by atomic mass is 35.5. The predicted octanol–water partition coefficient (Wildman–Crippen LogP) is 2.71. The minimum Gasteiger partial charge on any atom is -0.461 e. The summed E-state index contributed by atoms with van der Waals surface area (Å²) in [5.41, 5.74) is 0.106. The molecule has 0 spiro atoms. The molecule has 0 bridgehead atoms. The molecule has 110 valence electrons. The number of hydrogen-bond donors (Lipinski definition) is 0. The number of halogens is 2. The summed E-state index contributed by atoms with van der Waals surface area (Å²) < 4.78 is 19.6. The largest absolute Gasteiger partial charge is 0.461 e. The Morgan fingerprint density at radius 2 is 2.19 bits per heavy atom. The first-order chi connectivity index (χ1) is 10.1. The fourth-order valence-corrected chi connectivity index (χ4v) is 2.03. The van der Waals surface area contributed by atoms with E-state index >= 15 is 0 Å². The molecule has 2 rings (SSSR count). The van der Waals surface area contributed by atoms with Crippen LogP contribution in [0.3, 0.4) is 0 Å². The summed E-state index contributed by atoms with van der Waals surface area (Å²) in [6.07, 6.45) is 0.430. The fourth-order valence-electron chi connectivity index (χ4n) is 1.80. The molecule has 1 aromatic heterocycles. The topological polar surface area (TPSA) is 61.2 Å². The first-order valence-corrected chi connectivity index (χ1v) is 6.58. The van der Waals surface area contributed by atoms with E-state index in [9.17, 15) is 14.0 Å². The smallest absolute Gasteiger partial charge is 0.359 e. The molecule has 7 heteroatoms. The van der Waals surface area contributed by atoms with Crippen LogP contribution in [-0.4, -0.2) is 28.6 Å². The highest BCUT2D eigenvalue weighted by Crippen LogP contribution is 2.21. The Kier molecular flexibility index (Phi) is 4.70. The lowest BCUT2D eigenvalue weighted by atomic mass is 10.2. The lowest BCUT2D eigenvalue weighted by Gasteiger charge is -2.04. The first-order valence-electron chi connectivity index (χ1n) is 6.20. The summed E-state index contributed by atoms with van der Waals surface area (Å²) in [6, 6.07) is 6.10. The van der Waals surface area contributed by atoms with Gasteiger partial charge in [-0.1, -0.05) is 29.8 Å². The van der Waals surface area contributed by atoms with Crippen molar-refractivity contribution in [2.45, 2.75) is 13.5 Å². The van der Waals surface area contributed by atoms with Gasteiger partial charge in [-0.3, -0.25) is 4.79 Å². The van der Waals surface area contributed by atoms with Gasteiger partial charge < -0.3 is 4.74 Å². The molecule has 0 radical (unpaired) electrons. The van der Waals surface area contributed by atoms with Crippen LogP contribution in [0.2, 0.25) is 5.15 Å². The van der Waals surface area contributed by atoms with Crippen LogP contribution in [0.5, 0.6) is 0 Å². The molecule has 0 saturated carbocycles. The molecule has 0 saturated heterocycles. The van der Waals surface area contributed by atoms with E-state index < -0.39 is 11.8 Å². The summed E-state index contributed by atoms with van der Waals surface area (Å²) in [7, 11) is 0. The lowest BCUT2D eigenvalue weighted by molar-refractivity contribution is 0.0516. The van der Waals surface area contributed by atoms with Gasteiger partial charge in [-0.25, -0.2) is 13.9 Å². The Hall–Kier alpha value is -2.21. The molecule has 0 fully saturated rings. The highest BCUT2D eigenvalue weighted by molar-refractivity contribution is 6.32. The average Bonchev–Trinajstić information content (AvgIpc) is 2.78. The SMILES string of the molecule is CCOC(=O)c1nn(Cc2ccccc2F)c(Cl)c1C=O. The van der Waals surface area contributed by atoms with Crippen molar-refractivity contribution in [1.82, 2.24) is 9.78 Å². The van der Waals surface area contributed by atoms with Crippen LogP contribution in [0.4, 0.5) is 4.39 Å². The van der Waals surface area contributed by atoms with E-state index in [0.717, 1.165) is 0 Å². The van der Waals surface area contributed by atoms with Crippen molar-refractivity contribution < 1.29 is 18.7 Å². The van der Waals surface area contributed by atoms with Crippen LogP contribution >= 0.6 is 11.6 Å². The molecule has 0 amide bonds. The van der Waals surface area contributed by atoms with Crippen molar-refractivity contribution in [3.8, 4) is 0 Å². The number of hydrogen-bond acceptors (Lipinski definition) is 4. The second kappa shape index (κ2) is 6.49. The molecule has 1 aromatic carbocycles. The fraction of sp³-hybridized carbons (Fsp3) is 0.214. The van der Waals surface area contributed by atoms with Crippen LogP contribution in [0.1, 0.15) is 33.3 Å². The minimum atomic E-state index is -0.742. The minimum absolute atomic E-state index is 0.00571. The molecule has 0 atom stereocenters. The molecule has 0 N–H and O–H groups in total. The Morgan fingerprint density at radius 1 is 1.48 bits per heavy atom. The van der Waals surface area contributed by atoms with Crippen LogP contribution in [0.15, 0.2) is 24.3 Å². The first kappa shape index (κ1) is 15.2.